The molecule has 1 unspecified atom stereocenters. The number of hydrogen-bond acceptors (Lipinski definition) is 3. The monoisotopic (exact) mass is 266 g/mol. The number of nitrogens with zero attached hydrogens (tertiary/aromatic N) is 1. The molecule has 0 fully saturated rings. The number of aromatic nitrogens is 1. The first-order chi connectivity index (χ1) is 8.65. The highest BCUT2D eigenvalue weighted by atomic mass is 31.1. The average molecular weight is 266 g/mol. The zero-order chi connectivity index (χ0) is 13.0. The lowest BCUT2D eigenvalue weighted by Crippen LogP contribution is -1.91. The first-order valence-corrected chi connectivity index (χ1v) is 6.28. The van der Waals surface area contributed by atoms with Gasteiger partial charge in [-0.25, -0.2) is 4.39 Å². The molecule has 18 heavy (non-hydrogen) atoms. The van der Waals surface area contributed by atoms with Crippen LogP contribution in [0.2, 0.25) is 0 Å². The van der Waals surface area contributed by atoms with Crippen LogP contribution in [0.4, 0.5) is 4.39 Å². The Kier molecular flexibility index (Phi) is 4.10. The minimum absolute atomic E-state index is 0.0326. The fraction of sp³-hybridized carbons (Fsp3) is 0.0833. The number of hydrogen-bond donors (Lipinski definition) is 1. The highest BCUT2D eigenvalue weighted by molar-refractivity contribution is 7.32. The van der Waals surface area contributed by atoms with Crippen LogP contribution >= 0.6 is 8.25 Å². The van der Waals surface area contributed by atoms with E-state index < -0.39 is 8.25 Å². The summed E-state index contributed by atoms with van der Waals surface area (Å²) < 4.78 is 27.9. The summed E-state index contributed by atoms with van der Waals surface area (Å²) in [4.78, 5) is 12.6. The normalized spacial score (nSPS) is 11.3. The van der Waals surface area contributed by atoms with Gasteiger partial charge in [0.15, 0.2) is 0 Å². The molecule has 0 spiro atoms. The van der Waals surface area contributed by atoms with Crippen LogP contribution in [0.25, 0.3) is 11.1 Å². The van der Waals surface area contributed by atoms with Crippen molar-refractivity contribution in [2.24, 2.45) is 0 Å². The van der Waals surface area contributed by atoms with Crippen molar-refractivity contribution in [2.75, 3.05) is 0 Å². The quantitative estimate of drug-likeness (QED) is 0.864. The third-order valence-electron chi connectivity index (χ3n) is 2.31. The molecule has 0 aliphatic heterocycles. The van der Waals surface area contributed by atoms with Crippen LogP contribution in [0.1, 0.15) is 5.69 Å². The molecule has 1 atom stereocenters. The van der Waals surface area contributed by atoms with Gasteiger partial charge in [-0.3, -0.25) is 4.98 Å². The van der Waals surface area contributed by atoms with E-state index in [2.05, 4.69) is 9.51 Å². The molecule has 0 radical (unpaired) electrons. The first-order valence-electron chi connectivity index (χ1n) is 5.15. The molecular weight excluding hydrogens is 256 g/mol. The molecular formula is C12H10FNO3P+. The van der Waals surface area contributed by atoms with Gasteiger partial charge in [0.1, 0.15) is 12.4 Å². The van der Waals surface area contributed by atoms with Gasteiger partial charge in [-0.2, -0.15) is 0 Å². The van der Waals surface area contributed by atoms with Crippen LogP contribution in [-0.2, 0) is 15.7 Å². The lowest BCUT2D eigenvalue weighted by Gasteiger charge is -2.02. The van der Waals surface area contributed by atoms with Gasteiger partial charge in [0.2, 0.25) is 0 Å². The van der Waals surface area contributed by atoms with Gasteiger partial charge in [-0.05, 0) is 23.8 Å². The van der Waals surface area contributed by atoms with Gasteiger partial charge >= 0.3 is 8.25 Å². The summed E-state index contributed by atoms with van der Waals surface area (Å²) in [7, 11) is -2.62. The number of pyridine rings is 1. The summed E-state index contributed by atoms with van der Waals surface area (Å²) >= 11 is 0. The lowest BCUT2D eigenvalue weighted by molar-refractivity contribution is 0.269. The van der Waals surface area contributed by atoms with Crippen LogP contribution in [0, 0.1) is 5.82 Å². The molecule has 2 rings (SSSR count). The van der Waals surface area contributed by atoms with E-state index in [1.165, 1.54) is 12.1 Å². The summed E-state index contributed by atoms with van der Waals surface area (Å²) in [6.07, 6.45) is 1.57. The molecule has 2 aromatic rings. The smallest absolute Gasteiger partial charge is 0.258 e. The summed E-state index contributed by atoms with van der Waals surface area (Å²) in [5.41, 5.74) is 2.03. The summed E-state index contributed by atoms with van der Waals surface area (Å²) in [5, 5.41) is 0. The minimum atomic E-state index is -2.62. The van der Waals surface area contributed by atoms with Gasteiger partial charge in [0.05, 0.1) is 5.69 Å². The van der Waals surface area contributed by atoms with E-state index in [-0.39, 0.29) is 12.4 Å². The second-order valence-corrected chi connectivity index (χ2v) is 4.29. The lowest BCUT2D eigenvalue weighted by atomic mass is 10.1. The number of rotatable bonds is 4. The van der Waals surface area contributed by atoms with E-state index in [1.54, 1.807) is 30.5 Å². The third-order valence-corrected chi connectivity index (χ3v) is 2.66. The second kappa shape index (κ2) is 5.78. The second-order valence-electron chi connectivity index (χ2n) is 3.56. The van der Waals surface area contributed by atoms with E-state index in [1.807, 2.05) is 0 Å². The van der Waals surface area contributed by atoms with Crippen LogP contribution in [0.15, 0.2) is 42.6 Å². The van der Waals surface area contributed by atoms with Crippen molar-refractivity contribution in [3.8, 4) is 11.1 Å². The van der Waals surface area contributed by atoms with Crippen molar-refractivity contribution in [1.29, 1.82) is 0 Å². The van der Waals surface area contributed by atoms with Crippen molar-refractivity contribution in [3.63, 3.8) is 0 Å². The minimum Gasteiger partial charge on any atom is -0.258 e. The molecule has 6 heteroatoms. The zero-order valence-corrected chi connectivity index (χ0v) is 10.2. The Balaban J connectivity index is 2.14. The van der Waals surface area contributed by atoms with Gasteiger partial charge < -0.3 is 0 Å². The van der Waals surface area contributed by atoms with Gasteiger partial charge in [-0.1, -0.05) is 18.2 Å². The standard InChI is InChI=1S/C12H9FNO3P/c13-11-3-1-2-9(6-11)10-4-5-12(14-7-10)8-17-18(15)16/h1-7H,8H2/p+1. The molecule has 1 aromatic carbocycles. The molecule has 0 aliphatic rings. The Morgan fingerprint density at radius 1 is 1.28 bits per heavy atom. The maximum absolute atomic E-state index is 13.0. The highest BCUT2D eigenvalue weighted by Gasteiger charge is 2.12. The number of benzene rings is 1. The molecule has 1 heterocycles. The van der Waals surface area contributed by atoms with Crippen LogP contribution in [0.3, 0.4) is 0 Å². The van der Waals surface area contributed by atoms with Crippen LogP contribution in [0.5, 0.6) is 0 Å². The Hall–Kier alpha value is -1.68. The molecule has 4 nitrogen and oxygen atoms in total. The molecule has 0 aliphatic carbocycles. The number of halogens is 1. The molecule has 0 amide bonds. The fourth-order valence-electron chi connectivity index (χ4n) is 1.47. The third kappa shape index (κ3) is 3.40. The van der Waals surface area contributed by atoms with Gasteiger partial charge in [-0.15, -0.1) is 9.42 Å². The van der Waals surface area contributed by atoms with Crippen molar-refractivity contribution < 1.29 is 18.4 Å². The van der Waals surface area contributed by atoms with Crippen molar-refractivity contribution >= 4 is 8.25 Å². The summed E-state index contributed by atoms with van der Waals surface area (Å²) in [6.45, 7) is -0.0326. The fourth-order valence-corrected chi connectivity index (χ4v) is 1.71. The first kappa shape index (κ1) is 12.8. The largest absolute Gasteiger partial charge is 0.695 e. The molecule has 0 saturated heterocycles. The summed E-state index contributed by atoms with van der Waals surface area (Å²) in [5.74, 6) is -0.308. The van der Waals surface area contributed by atoms with E-state index in [0.717, 1.165) is 11.1 Å². The zero-order valence-electron chi connectivity index (χ0n) is 9.28. The van der Waals surface area contributed by atoms with E-state index in [9.17, 15) is 8.96 Å². The topological polar surface area (TPSA) is 59.4 Å². The Bertz CT molecular complexity index is 560. The maximum Gasteiger partial charge on any atom is 0.695 e. The molecule has 0 bridgehead atoms. The van der Waals surface area contributed by atoms with Crippen LogP contribution < -0.4 is 0 Å². The molecule has 0 saturated carbocycles. The van der Waals surface area contributed by atoms with E-state index in [0.29, 0.717) is 5.69 Å². The predicted octanol–water partition coefficient (Wildman–Crippen LogP) is 3.05. The Morgan fingerprint density at radius 2 is 2.11 bits per heavy atom. The van der Waals surface area contributed by atoms with Crippen molar-refractivity contribution in [1.82, 2.24) is 4.98 Å². The van der Waals surface area contributed by atoms with Gasteiger partial charge in [0, 0.05) is 16.3 Å². The highest BCUT2D eigenvalue weighted by Crippen LogP contribution is 2.21. The Morgan fingerprint density at radius 3 is 2.72 bits per heavy atom. The SMILES string of the molecule is O=[P+](O)OCc1ccc(-c2cccc(F)c2)cn1. The molecule has 1 N–H and O–H groups in total. The van der Waals surface area contributed by atoms with Gasteiger partial charge in [0.25, 0.3) is 0 Å². The summed E-state index contributed by atoms with van der Waals surface area (Å²) in [6, 6.07) is 9.61. The average Bonchev–Trinajstić information content (AvgIpc) is 2.37. The molecule has 92 valence electrons. The van der Waals surface area contributed by atoms with Crippen molar-refractivity contribution in [3.05, 3.63) is 54.1 Å². The van der Waals surface area contributed by atoms with Crippen LogP contribution in [-0.4, -0.2) is 9.88 Å². The molecule has 1 aromatic heterocycles. The van der Waals surface area contributed by atoms with E-state index in [4.69, 9.17) is 4.89 Å². The Labute approximate surface area is 104 Å². The van der Waals surface area contributed by atoms with Crippen molar-refractivity contribution in [2.45, 2.75) is 6.61 Å². The maximum atomic E-state index is 13.0. The van der Waals surface area contributed by atoms with E-state index >= 15 is 0 Å². The predicted molar refractivity (Wildman–Crippen MR) is 64.2 cm³/mol.